The molecule has 0 aromatic heterocycles. The van der Waals surface area contributed by atoms with Gasteiger partial charge in [-0.05, 0) is 44.5 Å². The molecule has 1 heteroatoms. The summed E-state index contributed by atoms with van der Waals surface area (Å²) in [5.74, 6) is 0.313. The van der Waals surface area contributed by atoms with Crippen LogP contribution in [0.3, 0.4) is 0 Å². The Morgan fingerprint density at radius 1 is 0.526 bits per heavy atom. The fourth-order valence-corrected chi connectivity index (χ4v) is 2.81. The van der Waals surface area contributed by atoms with Gasteiger partial charge in [-0.2, -0.15) is 0 Å². The van der Waals surface area contributed by atoms with Crippen LogP contribution in [-0.4, -0.2) is 5.11 Å². The number of fused-ring (bicyclic) bond motifs is 5. The minimum atomic E-state index is 0.313. The summed E-state index contributed by atoms with van der Waals surface area (Å²) in [5.41, 5.74) is 0. The Balaban J connectivity index is 2.28. The van der Waals surface area contributed by atoms with E-state index in [4.69, 9.17) is 0 Å². The van der Waals surface area contributed by atoms with Crippen molar-refractivity contribution in [3.63, 3.8) is 0 Å². The lowest BCUT2D eigenvalue weighted by Crippen LogP contribution is -1.80. The van der Waals surface area contributed by atoms with Gasteiger partial charge >= 0.3 is 0 Å². The van der Waals surface area contributed by atoms with Gasteiger partial charge in [0.05, 0.1) is 0 Å². The normalized spacial score (nSPS) is 11.4. The zero-order valence-corrected chi connectivity index (χ0v) is 10.3. The van der Waals surface area contributed by atoms with Crippen LogP contribution in [0.15, 0.2) is 66.7 Å². The third-order valence-electron chi connectivity index (χ3n) is 3.73. The van der Waals surface area contributed by atoms with Crippen LogP contribution in [0.5, 0.6) is 5.75 Å². The van der Waals surface area contributed by atoms with E-state index in [1.165, 1.54) is 21.5 Å². The molecule has 19 heavy (non-hydrogen) atoms. The Labute approximate surface area is 110 Å². The summed E-state index contributed by atoms with van der Waals surface area (Å²) in [6, 6.07) is 22.5. The quantitative estimate of drug-likeness (QED) is 0.442. The monoisotopic (exact) mass is 250 g/mol. The van der Waals surface area contributed by atoms with E-state index in [2.05, 4.69) is 48.5 Å². The number of phenols is 1. The zero-order chi connectivity index (χ0) is 12.8. The summed E-state index contributed by atoms with van der Waals surface area (Å²) in [6.07, 6.45) is 0. The first-order chi connectivity index (χ1) is 9.33. The maximum atomic E-state index is 9.70. The molecule has 0 heterocycles. The van der Waals surface area contributed by atoms with Gasteiger partial charge in [0, 0.05) is 0 Å². The fourth-order valence-electron chi connectivity index (χ4n) is 2.81. The van der Waals surface area contributed by atoms with Crippen molar-refractivity contribution in [3.05, 3.63) is 66.7 Å². The van der Waals surface area contributed by atoms with Gasteiger partial charge in [-0.1, -0.05) is 54.6 Å². The Morgan fingerprint density at radius 2 is 1.16 bits per heavy atom. The van der Waals surface area contributed by atoms with Crippen LogP contribution >= 0.6 is 0 Å². The molecule has 1 nitrogen and oxygen atoms in total. The highest BCUT2D eigenvalue weighted by Gasteiger charge is 2.04. The van der Waals surface area contributed by atoms with E-state index in [9.17, 15) is 5.11 Å². The molecule has 0 unspecified atom stereocenters. The van der Waals surface area contributed by atoms with Crippen molar-refractivity contribution in [3.8, 4) is 5.75 Å². The largest absolute Gasteiger partial charge is 0.508 e. The Hall–Kier alpha value is -2.54. The van der Waals surface area contributed by atoms with Crippen molar-refractivity contribution in [2.24, 2.45) is 0 Å². The van der Waals surface area contributed by atoms with Crippen molar-refractivity contribution < 1.29 is 5.11 Å². The first kappa shape index (κ1) is 10.4. The molecule has 0 aliphatic rings. The summed E-state index contributed by atoms with van der Waals surface area (Å²) in [6.45, 7) is 0. The van der Waals surface area contributed by atoms with E-state index in [1.54, 1.807) is 6.07 Å². The maximum Gasteiger partial charge on any atom is 0.116 e. The molecule has 0 aliphatic carbocycles. The zero-order valence-electron chi connectivity index (χ0n) is 10.3. The predicted molar refractivity (Wildman–Crippen MR) is 80.6 cm³/mol. The number of benzene rings is 4. The molecular weight excluding hydrogens is 238 g/mol. The van der Waals surface area contributed by atoms with Crippen LogP contribution in [-0.2, 0) is 0 Å². The van der Waals surface area contributed by atoms with Gasteiger partial charge in [0.15, 0.2) is 0 Å². The Kier molecular flexibility index (Phi) is 2.04. The lowest BCUT2D eigenvalue weighted by Gasteiger charge is -2.07. The molecule has 4 aromatic carbocycles. The van der Waals surface area contributed by atoms with Crippen molar-refractivity contribution in [2.75, 3.05) is 0 Å². The van der Waals surface area contributed by atoms with Gasteiger partial charge in [0.2, 0.25) is 0 Å². The number of hydrogen-bond donors (Lipinski definition) is 1. The van der Waals surface area contributed by atoms with E-state index < -0.39 is 0 Å². The predicted octanol–water partition coefficient (Wildman–Crippen LogP) is 4.85. The summed E-state index contributed by atoms with van der Waals surface area (Å²) in [7, 11) is 0. The molecular formula is C18H12O. The molecule has 0 saturated heterocycles. The molecule has 0 spiro atoms. The molecule has 1 N–H and O–H groups in total. The van der Waals surface area contributed by atoms with Crippen molar-refractivity contribution in [1.82, 2.24) is 0 Å². The lowest BCUT2D eigenvalue weighted by molar-refractivity contribution is 0.476. The van der Waals surface area contributed by atoms with E-state index >= 15 is 0 Å². The van der Waals surface area contributed by atoms with Crippen LogP contribution in [0, 0.1) is 0 Å². The Morgan fingerprint density at radius 3 is 2.00 bits per heavy atom. The molecule has 0 bridgehead atoms. The fraction of sp³-hybridized carbons (Fsp3) is 0. The van der Waals surface area contributed by atoms with Crippen LogP contribution in [0.4, 0.5) is 0 Å². The maximum absolute atomic E-state index is 9.70. The van der Waals surface area contributed by atoms with E-state index in [1.807, 2.05) is 12.1 Å². The van der Waals surface area contributed by atoms with Crippen LogP contribution in [0.2, 0.25) is 0 Å². The number of phenolic OH excluding ortho intramolecular Hbond substituents is 1. The van der Waals surface area contributed by atoms with E-state index in [-0.39, 0.29) is 0 Å². The highest BCUT2D eigenvalue weighted by atomic mass is 16.3. The molecule has 4 aromatic rings. The highest BCUT2D eigenvalue weighted by molar-refractivity contribution is 6.17. The number of hydrogen-bond acceptors (Lipinski definition) is 1. The molecule has 0 amide bonds. The summed E-state index contributed by atoms with van der Waals surface area (Å²) >= 11 is 0. The SMILES string of the molecule is O[13c]1[13cH][13cH][13c]2ccc3c4ccccc4ccc3[13c]2[13cH]1. The minimum absolute atomic E-state index is 0.313. The molecule has 0 atom stereocenters. The average Bonchev–Trinajstić information content (AvgIpc) is 2.46. The Bertz CT molecular complexity index is 922. The molecule has 0 radical (unpaired) electrons. The van der Waals surface area contributed by atoms with Crippen LogP contribution in [0.25, 0.3) is 32.3 Å². The lowest BCUT2D eigenvalue weighted by atomic mass is 10.1. The van der Waals surface area contributed by atoms with Gasteiger partial charge in [0.25, 0.3) is 0 Å². The second-order valence-electron chi connectivity index (χ2n) is 4.85. The third-order valence-corrected chi connectivity index (χ3v) is 3.73. The summed E-state index contributed by atoms with van der Waals surface area (Å²) in [4.78, 5) is 0. The molecule has 4 rings (SSSR count). The molecule has 0 fully saturated rings. The molecule has 0 aliphatic heterocycles. The van der Waals surface area contributed by atoms with Crippen LogP contribution in [0.1, 0.15) is 0 Å². The van der Waals surface area contributed by atoms with Gasteiger partial charge < -0.3 is 5.11 Å². The minimum Gasteiger partial charge on any atom is -0.508 e. The van der Waals surface area contributed by atoms with Gasteiger partial charge in [-0.25, -0.2) is 0 Å². The number of rotatable bonds is 0. The van der Waals surface area contributed by atoms with Crippen molar-refractivity contribution in [1.29, 1.82) is 0 Å². The van der Waals surface area contributed by atoms with Crippen LogP contribution < -0.4 is 0 Å². The summed E-state index contributed by atoms with van der Waals surface area (Å²) in [5, 5.41) is 16.9. The summed E-state index contributed by atoms with van der Waals surface area (Å²) < 4.78 is 0. The highest BCUT2D eigenvalue weighted by Crippen LogP contribution is 2.32. The third kappa shape index (κ3) is 1.48. The second kappa shape index (κ2) is 3.72. The van der Waals surface area contributed by atoms with E-state index in [0.29, 0.717) is 5.75 Å². The average molecular weight is 250 g/mol. The smallest absolute Gasteiger partial charge is 0.116 e. The van der Waals surface area contributed by atoms with Gasteiger partial charge in [0.1, 0.15) is 5.75 Å². The number of aromatic hydroxyl groups is 1. The van der Waals surface area contributed by atoms with E-state index in [0.717, 1.165) is 10.8 Å². The first-order valence-corrected chi connectivity index (χ1v) is 6.36. The second-order valence-corrected chi connectivity index (χ2v) is 4.85. The molecule has 0 saturated carbocycles. The van der Waals surface area contributed by atoms with Gasteiger partial charge in [-0.15, -0.1) is 0 Å². The molecule has 90 valence electrons. The topological polar surface area (TPSA) is 20.2 Å². The van der Waals surface area contributed by atoms with Gasteiger partial charge in [-0.3, -0.25) is 0 Å². The standard InChI is InChI=1S/C18H12O/c19-14-8-5-13-7-9-16-15-4-2-1-3-12(15)6-10-17(16)18(13)11-14/h1-11,19H/i5+1,8+1,11+1,13+1,14+1,18+1. The van der Waals surface area contributed by atoms with Crippen molar-refractivity contribution >= 4 is 32.3 Å². The van der Waals surface area contributed by atoms with Crippen molar-refractivity contribution in [2.45, 2.75) is 0 Å². The first-order valence-electron chi connectivity index (χ1n) is 6.36.